The number of hydrogen-bond acceptors (Lipinski definition) is 5. The van der Waals surface area contributed by atoms with Crippen LogP contribution in [0.25, 0.3) is 11.4 Å². The fourth-order valence-corrected chi connectivity index (χ4v) is 5.21. The minimum absolute atomic E-state index is 0.390. The molecule has 2 aromatic heterocycles. The summed E-state index contributed by atoms with van der Waals surface area (Å²) in [5.41, 5.74) is 5.44. The van der Waals surface area contributed by atoms with E-state index in [4.69, 9.17) is 9.72 Å². The SMILES string of the molecule is COc1cc(Nc2nc3c(s2)CCCC3c2ccccc2)ccc1-c1nc(C)c[nH]1. The molecule has 2 heterocycles. The van der Waals surface area contributed by atoms with E-state index in [0.717, 1.165) is 46.5 Å². The van der Waals surface area contributed by atoms with Crippen LogP contribution in [0.4, 0.5) is 10.8 Å². The van der Waals surface area contributed by atoms with Crippen molar-refractivity contribution < 1.29 is 4.74 Å². The van der Waals surface area contributed by atoms with Crippen molar-refractivity contribution in [3.63, 3.8) is 0 Å². The second kappa shape index (κ2) is 7.95. The Balaban J connectivity index is 1.42. The fourth-order valence-electron chi connectivity index (χ4n) is 4.12. The number of imidazole rings is 1. The molecule has 0 radical (unpaired) electrons. The summed E-state index contributed by atoms with van der Waals surface area (Å²) >= 11 is 1.76. The summed E-state index contributed by atoms with van der Waals surface area (Å²) in [4.78, 5) is 14.1. The van der Waals surface area contributed by atoms with Crippen LogP contribution >= 0.6 is 11.3 Å². The number of rotatable bonds is 5. The summed E-state index contributed by atoms with van der Waals surface area (Å²) in [5.74, 6) is 1.98. The van der Waals surface area contributed by atoms with Crippen molar-refractivity contribution in [2.24, 2.45) is 0 Å². The topological polar surface area (TPSA) is 62.8 Å². The lowest BCUT2D eigenvalue weighted by Crippen LogP contribution is -2.09. The van der Waals surface area contributed by atoms with Gasteiger partial charge in [0.15, 0.2) is 5.13 Å². The van der Waals surface area contributed by atoms with E-state index in [1.807, 2.05) is 31.3 Å². The molecule has 0 spiro atoms. The minimum Gasteiger partial charge on any atom is -0.496 e. The summed E-state index contributed by atoms with van der Waals surface area (Å²) in [6.07, 6.45) is 5.37. The molecule has 6 heteroatoms. The Morgan fingerprint density at radius 3 is 2.77 bits per heavy atom. The molecular formula is C24H24N4OS. The number of aromatic nitrogens is 3. The number of benzene rings is 2. The predicted octanol–water partition coefficient (Wildman–Crippen LogP) is 6.06. The van der Waals surface area contributed by atoms with Crippen molar-refractivity contribution in [3.05, 3.63) is 76.6 Å². The number of aryl methyl sites for hydroxylation is 2. The standard InChI is InChI=1S/C24H24N4OS/c1-15-14-25-23(26-15)19-12-11-17(13-20(19)29-2)27-24-28-22-18(9-6-10-21(22)30-24)16-7-4-3-5-8-16/h3-5,7-8,11-14,18H,6,9-10H2,1-2H3,(H,25,26)(H,27,28). The zero-order valence-electron chi connectivity index (χ0n) is 17.1. The molecule has 0 saturated carbocycles. The van der Waals surface area contributed by atoms with E-state index >= 15 is 0 Å². The average molecular weight is 417 g/mol. The number of thiazole rings is 1. The third-order valence-electron chi connectivity index (χ3n) is 5.57. The number of nitrogens with one attached hydrogen (secondary N) is 2. The van der Waals surface area contributed by atoms with Gasteiger partial charge in [-0.15, -0.1) is 11.3 Å². The number of anilines is 2. The van der Waals surface area contributed by atoms with E-state index < -0.39 is 0 Å². The molecule has 0 saturated heterocycles. The Bertz CT molecular complexity index is 1170. The van der Waals surface area contributed by atoms with Crippen LogP contribution in [0.15, 0.2) is 54.7 Å². The van der Waals surface area contributed by atoms with Gasteiger partial charge >= 0.3 is 0 Å². The molecule has 5 nitrogen and oxygen atoms in total. The van der Waals surface area contributed by atoms with Gasteiger partial charge in [-0.3, -0.25) is 0 Å². The number of fused-ring (bicyclic) bond motifs is 1. The molecule has 4 aromatic rings. The van der Waals surface area contributed by atoms with E-state index in [2.05, 4.69) is 45.6 Å². The van der Waals surface area contributed by atoms with Gasteiger partial charge in [-0.1, -0.05) is 30.3 Å². The van der Waals surface area contributed by atoms with Crippen LogP contribution in [0.2, 0.25) is 0 Å². The Kier molecular flexibility index (Phi) is 5.01. The Labute approximate surface area is 180 Å². The maximum atomic E-state index is 5.63. The Morgan fingerprint density at radius 1 is 1.13 bits per heavy atom. The first-order valence-corrected chi connectivity index (χ1v) is 11.0. The highest BCUT2D eigenvalue weighted by Crippen LogP contribution is 2.41. The van der Waals surface area contributed by atoms with Gasteiger partial charge in [0.2, 0.25) is 0 Å². The first-order chi connectivity index (χ1) is 14.7. The van der Waals surface area contributed by atoms with E-state index in [-0.39, 0.29) is 0 Å². The molecule has 0 fully saturated rings. The summed E-state index contributed by atoms with van der Waals surface area (Å²) in [5, 5.41) is 4.43. The second-order valence-electron chi connectivity index (χ2n) is 7.61. The van der Waals surface area contributed by atoms with Gasteiger partial charge in [0.1, 0.15) is 11.6 Å². The van der Waals surface area contributed by atoms with Crippen LogP contribution in [0.5, 0.6) is 5.75 Å². The van der Waals surface area contributed by atoms with Gasteiger partial charge in [0.25, 0.3) is 0 Å². The molecule has 1 atom stereocenters. The van der Waals surface area contributed by atoms with Crippen molar-refractivity contribution >= 4 is 22.2 Å². The highest BCUT2D eigenvalue weighted by atomic mass is 32.1. The molecular weight excluding hydrogens is 392 g/mol. The Hall–Kier alpha value is -3.12. The van der Waals surface area contributed by atoms with Crippen molar-refractivity contribution in [3.8, 4) is 17.1 Å². The first-order valence-electron chi connectivity index (χ1n) is 10.2. The molecule has 0 amide bonds. The van der Waals surface area contributed by atoms with Crippen LogP contribution in [0.3, 0.4) is 0 Å². The highest BCUT2D eigenvalue weighted by Gasteiger charge is 2.26. The quantitative estimate of drug-likeness (QED) is 0.415. The summed E-state index contributed by atoms with van der Waals surface area (Å²) in [6, 6.07) is 16.8. The van der Waals surface area contributed by atoms with Gasteiger partial charge in [0, 0.05) is 28.7 Å². The molecule has 2 aromatic carbocycles. The lowest BCUT2D eigenvalue weighted by molar-refractivity contribution is 0.416. The number of hydrogen-bond donors (Lipinski definition) is 2. The first kappa shape index (κ1) is 18.9. The maximum Gasteiger partial charge on any atom is 0.187 e. The lowest BCUT2D eigenvalue weighted by Gasteiger charge is -2.21. The summed E-state index contributed by atoms with van der Waals surface area (Å²) < 4.78 is 5.63. The van der Waals surface area contributed by atoms with Crippen LogP contribution in [0.1, 0.15) is 40.6 Å². The number of methoxy groups -OCH3 is 1. The molecule has 1 aliphatic carbocycles. The highest BCUT2D eigenvalue weighted by molar-refractivity contribution is 7.15. The molecule has 0 bridgehead atoms. The molecule has 5 rings (SSSR count). The smallest absolute Gasteiger partial charge is 0.187 e. The van der Waals surface area contributed by atoms with E-state index in [1.54, 1.807) is 18.4 Å². The molecule has 2 N–H and O–H groups in total. The molecule has 0 aliphatic heterocycles. The number of H-pyrrole nitrogens is 1. The van der Waals surface area contributed by atoms with Gasteiger partial charge in [-0.2, -0.15) is 0 Å². The zero-order valence-corrected chi connectivity index (χ0v) is 17.9. The number of aromatic amines is 1. The largest absolute Gasteiger partial charge is 0.496 e. The van der Waals surface area contributed by atoms with Crippen molar-refractivity contribution in [1.82, 2.24) is 15.0 Å². The van der Waals surface area contributed by atoms with Crippen LogP contribution in [0, 0.1) is 6.92 Å². The average Bonchev–Trinajstić information content (AvgIpc) is 3.39. The molecule has 1 aliphatic rings. The normalized spacial score (nSPS) is 15.6. The lowest BCUT2D eigenvalue weighted by atomic mass is 9.85. The van der Waals surface area contributed by atoms with E-state index in [0.29, 0.717) is 5.92 Å². The van der Waals surface area contributed by atoms with Gasteiger partial charge in [-0.25, -0.2) is 9.97 Å². The van der Waals surface area contributed by atoms with E-state index in [9.17, 15) is 0 Å². The van der Waals surface area contributed by atoms with Crippen LogP contribution in [-0.2, 0) is 6.42 Å². The third kappa shape index (κ3) is 3.59. The van der Waals surface area contributed by atoms with Gasteiger partial charge in [-0.05, 0) is 43.9 Å². The van der Waals surface area contributed by atoms with Gasteiger partial charge in [0.05, 0.1) is 24.1 Å². The monoisotopic (exact) mass is 416 g/mol. The summed E-state index contributed by atoms with van der Waals surface area (Å²) in [6.45, 7) is 1.97. The number of ether oxygens (including phenoxy) is 1. The van der Waals surface area contributed by atoms with Crippen molar-refractivity contribution in [1.29, 1.82) is 0 Å². The van der Waals surface area contributed by atoms with Crippen LogP contribution in [-0.4, -0.2) is 22.1 Å². The molecule has 152 valence electrons. The number of nitrogens with zero attached hydrogens (tertiary/aromatic N) is 2. The summed E-state index contributed by atoms with van der Waals surface area (Å²) in [7, 11) is 1.69. The van der Waals surface area contributed by atoms with Crippen molar-refractivity contribution in [2.75, 3.05) is 12.4 Å². The third-order valence-corrected chi connectivity index (χ3v) is 6.62. The van der Waals surface area contributed by atoms with E-state index in [1.165, 1.54) is 22.6 Å². The second-order valence-corrected chi connectivity index (χ2v) is 8.70. The maximum absolute atomic E-state index is 5.63. The fraction of sp³-hybridized carbons (Fsp3) is 0.250. The predicted molar refractivity (Wildman–Crippen MR) is 122 cm³/mol. The zero-order chi connectivity index (χ0) is 20.5. The Morgan fingerprint density at radius 2 is 2.00 bits per heavy atom. The molecule has 1 unspecified atom stereocenters. The van der Waals surface area contributed by atoms with Crippen LogP contribution < -0.4 is 10.1 Å². The molecule has 30 heavy (non-hydrogen) atoms. The minimum atomic E-state index is 0.390. The van der Waals surface area contributed by atoms with Gasteiger partial charge < -0.3 is 15.0 Å². The van der Waals surface area contributed by atoms with Crippen molar-refractivity contribution in [2.45, 2.75) is 32.1 Å².